The minimum atomic E-state index is -0.659. The largest absolute Gasteiger partial charge is 0.484 e. The van der Waals surface area contributed by atoms with Crippen LogP contribution in [0.2, 0.25) is 0 Å². The number of hydrogen-bond donors (Lipinski definition) is 2. The van der Waals surface area contributed by atoms with Gasteiger partial charge in [0.2, 0.25) is 11.8 Å². The van der Waals surface area contributed by atoms with Crippen LogP contribution in [-0.2, 0) is 14.4 Å². The molecular weight excluding hydrogens is 534 g/mol. The number of rotatable bonds is 6. The van der Waals surface area contributed by atoms with E-state index in [1.807, 2.05) is 49.4 Å². The van der Waals surface area contributed by atoms with Gasteiger partial charge in [0.25, 0.3) is 5.91 Å². The molecule has 4 aromatic rings. The Morgan fingerprint density at radius 3 is 2.49 bits per heavy atom. The number of thioether (sulfide) groups is 1. The molecule has 1 aromatic heterocycles. The molecule has 0 spiro atoms. The van der Waals surface area contributed by atoms with Crippen molar-refractivity contribution in [3.05, 3.63) is 105 Å². The summed E-state index contributed by atoms with van der Waals surface area (Å²) in [7, 11) is 0. The highest BCUT2D eigenvalue weighted by molar-refractivity contribution is 8.00. The number of hydrogen-bond acceptors (Lipinski definition) is 7. The number of imide groups is 1. The number of nitrogens with one attached hydrogen (secondary N) is 2. The molecule has 2 aliphatic heterocycles. The summed E-state index contributed by atoms with van der Waals surface area (Å²) in [6.45, 7) is 1.78. The maximum absolute atomic E-state index is 13.7. The fourth-order valence-corrected chi connectivity index (χ4v) is 7.56. The van der Waals surface area contributed by atoms with Gasteiger partial charge in [-0.2, -0.15) is 0 Å². The lowest BCUT2D eigenvalue weighted by atomic mass is 9.83. The van der Waals surface area contributed by atoms with Crippen LogP contribution in [0.4, 0.5) is 11.4 Å². The summed E-state index contributed by atoms with van der Waals surface area (Å²) in [6.07, 6.45) is 0. The van der Waals surface area contributed by atoms with Crippen LogP contribution in [0.1, 0.15) is 21.9 Å². The van der Waals surface area contributed by atoms with Crippen molar-refractivity contribution in [2.24, 2.45) is 5.92 Å². The van der Waals surface area contributed by atoms with Gasteiger partial charge in [-0.3, -0.25) is 19.2 Å². The van der Waals surface area contributed by atoms with Crippen LogP contribution < -0.4 is 19.8 Å². The van der Waals surface area contributed by atoms with Crippen molar-refractivity contribution in [3.8, 4) is 5.75 Å². The van der Waals surface area contributed by atoms with Gasteiger partial charge >= 0.3 is 4.87 Å². The lowest BCUT2D eigenvalue weighted by Crippen LogP contribution is -2.32. The first-order valence-corrected chi connectivity index (χ1v) is 14.0. The second-order valence-corrected chi connectivity index (χ2v) is 11.5. The highest BCUT2D eigenvalue weighted by atomic mass is 32.2. The van der Waals surface area contributed by atoms with E-state index in [1.165, 1.54) is 16.7 Å². The fraction of sp³-hybridized carbons (Fsp3) is 0.172. The lowest BCUT2D eigenvalue weighted by molar-refractivity contribution is -0.122. The van der Waals surface area contributed by atoms with Crippen LogP contribution in [0, 0.1) is 12.8 Å². The Morgan fingerprint density at radius 2 is 1.74 bits per heavy atom. The minimum Gasteiger partial charge on any atom is -0.484 e. The Morgan fingerprint density at radius 1 is 0.974 bits per heavy atom. The highest BCUT2D eigenvalue weighted by Gasteiger charge is 2.56. The van der Waals surface area contributed by atoms with E-state index >= 15 is 0 Å². The third-order valence-electron chi connectivity index (χ3n) is 6.75. The Kier molecular flexibility index (Phi) is 6.58. The van der Waals surface area contributed by atoms with E-state index in [-0.39, 0.29) is 29.2 Å². The third-order valence-corrected chi connectivity index (χ3v) is 9.15. The topological polar surface area (TPSA) is 109 Å². The van der Waals surface area contributed by atoms with Crippen molar-refractivity contribution in [1.29, 1.82) is 0 Å². The number of anilines is 2. The predicted molar refractivity (Wildman–Crippen MR) is 151 cm³/mol. The summed E-state index contributed by atoms with van der Waals surface area (Å²) >= 11 is 2.31. The minimum absolute atomic E-state index is 0.166. The number of amides is 3. The number of aryl methyl sites for hydroxylation is 1. The number of thiazole rings is 1. The van der Waals surface area contributed by atoms with Gasteiger partial charge in [-0.25, -0.2) is 4.90 Å². The summed E-state index contributed by atoms with van der Waals surface area (Å²) in [6, 6.07) is 23.5. The lowest BCUT2D eigenvalue weighted by Gasteiger charge is -2.29. The van der Waals surface area contributed by atoms with Gasteiger partial charge in [0, 0.05) is 16.5 Å². The SMILES string of the molecule is Cc1cccc(NC(=O)COc2ccc([C@H]3c4sc(=O)[nH]c4SC4C(=O)N(c5ccccc5)C(=O)C43)cc2)c1. The van der Waals surface area contributed by atoms with Gasteiger partial charge in [0.05, 0.1) is 16.6 Å². The second kappa shape index (κ2) is 10.2. The molecule has 1 fully saturated rings. The van der Waals surface area contributed by atoms with E-state index in [1.54, 1.807) is 36.4 Å². The van der Waals surface area contributed by atoms with Crippen molar-refractivity contribution in [3.63, 3.8) is 0 Å². The highest BCUT2D eigenvalue weighted by Crippen LogP contribution is 2.53. The average molecular weight is 558 g/mol. The van der Waals surface area contributed by atoms with E-state index in [0.29, 0.717) is 22.2 Å². The van der Waals surface area contributed by atoms with E-state index < -0.39 is 17.1 Å². The number of ether oxygens (including phenoxy) is 1. The quantitative estimate of drug-likeness (QED) is 0.337. The third kappa shape index (κ3) is 4.77. The molecule has 39 heavy (non-hydrogen) atoms. The number of fused-ring (bicyclic) bond motifs is 2. The van der Waals surface area contributed by atoms with Gasteiger partial charge in [0.1, 0.15) is 11.0 Å². The van der Waals surface area contributed by atoms with E-state index in [4.69, 9.17) is 4.74 Å². The van der Waals surface area contributed by atoms with E-state index in [2.05, 4.69) is 10.3 Å². The molecule has 0 radical (unpaired) electrons. The zero-order valence-corrected chi connectivity index (χ0v) is 22.4. The zero-order chi connectivity index (χ0) is 27.1. The number of para-hydroxylation sites is 1. The van der Waals surface area contributed by atoms with Crippen LogP contribution in [0.3, 0.4) is 0 Å². The number of aromatic amines is 1. The summed E-state index contributed by atoms with van der Waals surface area (Å²) in [4.78, 5) is 56.4. The maximum atomic E-state index is 13.7. The molecule has 0 bridgehead atoms. The van der Waals surface area contributed by atoms with Crippen LogP contribution in [-0.4, -0.2) is 34.6 Å². The number of benzene rings is 3. The van der Waals surface area contributed by atoms with Crippen LogP contribution >= 0.6 is 23.1 Å². The van der Waals surface area contributed by atoms with Crippen molar-refractivity contribution in [1.82, 2.24) is 4.98 Å². The van der Waals surface area contributed by atoms with Gasteiger partial charge < -0.3 is 15.0 Å². The molecule has 196 valence electrons. The summed E-state index contributed by atoms with van der Waals surface area (Å²) < 4.78 is 5.69. The van der Waals surface area contributed by atoms with Crippen LogP contribution in [0.5, 0.6) is 5.75 Å². The van der Waals surface area contributed by atoms with Crippen molar-refractivity contribution in [2.45, 2.75) is 23.1 Å². The zero-order valence-electron chi connectivity index (χ0n) is 20.7. The van der Waals surface area contributed by atoms with Crippen molar-refractivity contribution < 1.29 is 19.1 Å². The Bertz CT molecular complexity index is 1630. The molecule has 6 rings (SSSR count). The molecule has 2 unspecified atom stereocenters. The normalized spacial score (nSPS) is 19.9. The van der Waals surface area contributed by atoms with Crippen molar-refractivity contribution >= 4 is 52.2 Å². The standard InChI is InChI=1S/C29H23N3O5S2/c1-16-6-5-7-18(14-16)30-21(33)15-37-20-12-10-17(11-13-20)22-23-25(38-26-24(22)39-29(36)31-26)28(35)32(27(23)34)19-8-3-2-4-9-19/h2-14,22-23,25H,15H2,1H3,(H,30,33)(H,31,36)/t22-,23?,25?/m1/s1. The number of nitrogens with zero attached hydrogens (tertiary/aromatic N) is 1. The van der Waals surface area contributed by atoms with E-state index in [0.717, 1.165) is 27.3 Å². The molecule has 3 aromatic carbocycles. The molecule has 2 N–H and O–H groups in total. The molecule has 2 aliphatic rings. The number of aromatic nitrogens is 1. The molecule has 0 aliphatic carbocycles. The Labute approximate surface area is 232 Å². The molecule has 10 heteroatoms. The van der Waals surface area contributed by atoms with Crippen LogP contribution in [0.15, 0.2) is 88.7 Å². The summed E-state index contributed by atoms with van der Waals surface area (Å²) in [5.41, 5.74) is 3.06. The maximum Gasteiger partial charge on any atom is 0.305 e. The number of carbonyl (C=O) groups excluding carboxylic acids is 3. The Balaban J connectivity index is 1.24. The smallest absolute Gasteiger partial charge is 0.305 e. The molecular formula is C29H23N3O5S2. The molecule has 8 nitrogen and oxygen atoms in total. The van der Waals surface area contributed by atoms with Crippen molar-refractivity contribution in [2.75, 3.05) is 16.8 Å². The average Bonchev–Trinajstić information content (AvgIpc) is 3.42. The van der Waals surface area contributed by atoms with Gasteiger partial charge in [-0.05, 0) is 54.4 Å². The number of carbonyl (C=O) groups is 3. The molecule has 1 saturated heterocycles. The van der Waals surface area contributed by atoms with Gasteiger partial charge in [0.15, 0.2) is 6.61 Å². The summed E-state index contributed by atoms with van der Waals surface area (Å²) in [5.74, 6) is -1.50. The monoisotopic (exact) mass is 557 g/mol. The molecule has 3 heterocycles. The molecule has 3 amide bonds. The van der Waals surface area contributed by atoms with E-state index in [9.17, 15) is 19.2 Å². The van der Waals surface area contributed by atoms with Crippen LogP contribution in [0.25, 0.3) is 0 Å². The Hall–Kier alpha value is -4.15. The molecule has 3 atom stereocenters. The van der Waals surface area contributed by atoms with Gasteiger partial charge in [-0.1, -0.05) is 65.6 Å². The predicted octanol–water partition coefficient (Wildman–Crippen LogP) is 4.56. The number of H-pyrrole nitrogens is 1. The molecule has 0 saturated carbocycles. The summed E-state index contributed by atoms with van der Waals surface area (Å²) in [5, 5.41) is 2.78. The van der Waals surface area contributed by atoms with Gasteiger partial charge in [-0.15, -0.1) is 0 Å². The first-order chi connectivity index (χ1) is 18.9. The first-order valence-electron chi connectivity index (χ1n) is 12.3. The fourth-order valence-electron chi connectivity index (χ4n) is 5.05. The second-order valence-electron chi connectivity index (χ2n) is 9.37. The first kappa shape index (κ1) is 25.1.